The highest BCUT2D eigenvalue weighted by Crippen LogP contribution is 2.33. The van der Waals surface area contributed by atoms with E-state index in [0.717, 1.165) is 13.1 Å². The van der Waals surface area contributed by atoms with Gasteiger partial charge in [-0.05, 0) is 61.3 Å². The standard InChI is InChI=1S/C23H29NO5.ClH/c1-27-20-10-6-18(7-11-20)23(26,19-8-12-21(28-2)13-9-19)22(25)29-17-16-24-14-4-3-5-15-24;/h6-13,26H,3-5,14-17H2,1-2H3;1H. The van der Waals surface area contributed by atoms with E-state index in [4.69, 9.17) is 14.2 Å². The Morgan fingerprint density at radius 1 is 0.900 bits per heavy atom. The molecule has 30 heavy (non-hydrogen) atoms. The van der Waals surface area contributed by atoms with Crippen LogP contribution in [0.15, 0.2) is 48.5 Å². The van der Waals surface area contributed by atoms with Gasteiger partial charge in [0.05, 0.1) is 14.2 Å². The quantitative estimate of drug-likeness (QED) is 0.641. The van der Waals surface area contributed by atoms with E-state index in [1.165, 1.54) is 19.3 Å². The molecule has 1 heterocycles. The Morgan fingerprint density at radius 2 is 1.37 bits per heavy atom. The van der Waals surface area contributed by atoms with Crippen molar-refractivity contribution in [1.82, 2.24) is 4.90 Å². The van der Waals surface area contributed by atoms with Gasteiger partial charge < -0.3 is 19.3 Å². The summed E-state index contributed by atoms with van der Waals surface area (Å²) in [6.45, 7) is 2.97. The maximum absolute atomic E-state index is 13.1. The number of carbonyl (C=O) groups is 1. The van der Waals surface area contributed by atoms with Crippen LogP contribution in [0.4, 0.5) is 0 Å². The lowest BCUT2D eigenvalue weighted by Gasteiger charge is -2.29. The summed E-state index contributed by atoms with van der Waals surface area (Å²) in [5, 5.41) is 11.5. The van der Waals surface area contributed by atoms with Crippen molar-refractivity contribution < 1.29 is 24.1 Å². The van der Waals surface area contributed by atoms with Gasteiger partial charge in [-0.25, -0.2) is 4.79 Å². The largest absolute Gasteiger partial charge is 0.497 e. The number of nitrogens with zero attached hydrogens (tertiary/aromatic N) is 1. The summed E-state index contributed by atoms with van der Waals surface area (Å²) in [6.07, 6.45) is 3.61. The van der Waals surface area contributed by atoms with E-state index in [2.05, 4.69) is 4.90 Å². The summed E-state index contributed by atoms with van der Waals surface area (Å²) in [5.41, 5.74) is -1.07. The lowest BCUT2D eigenvalue weighted by Crippen LogP contribution is -2.40. The summed E-state index contributed by atoms with van der Waals surface area (Å²) >= 11 is 0. The molecule has 0 amide bonds. The Morgan fingerprint density at radius 3 is 1.80 bits per heavy atom. The fraction of sp³-hybridized carbons (Fsp3) is 0.435. The Hall–Kier alpha value is -2.28. The van der Waals surface area contributed by atoms with Crippen LogP contribution in [0.2, 0.25) is 0 Å². The van der Waals surface area contributed by atoms with Gasteiger partial charge in [0.2, 0.25) is 5.60 Å². The Labute approximate surface area is 184 Å². The van der Waals surface area contributed by atoms with Gasteiger partial charge in [-0.2, -0.15) is 0 Å². The molecular formula is C23H30ClNO5. The molecule has 0 spiro atoms. The van der Waals surface area contributed by atoms with Crippen molar-refractivity contribution in [2.24, 2.45) is 0 Å². The molecule has 0 radical (unpaired) electrons. The third-order valence-electron chi connectivity index (χ3n) is 5.40. The summed E-state index contributed by atoms with van der Waals surface area (Å²) in [5.74, 6) is 0.596. The van der Waals surface area contributed by atoms with Crippen LogP contribution in [0, 0.1) is 0 Å². The van der Waals surface area contributed by atoms with Crippen LogP contribution in [0.3, 0.4) is 0 Å². The average molecular weight is 436 g/mol. The van der Waals surface area contributed by atoms with E-state index < -0.39 is 11.6 Å². The van der Waals surface area contributed by atoms with Gasteiger partial charge in [0.1, 0.15) is 18.1 Å². The SMILES string of the molecule is COc1ccc(C(O)(C(=O)OCCN2CCCCC2)c2ccc(OC)cc2)cc1.Cl. The van der Waals surface area contributed by atoms with Gasteiger partial charge in [0, 0.05) is 6.54 Å². The second-order valence-electron chi connectivity index (χ2n) is 7.21. The van der Waals surface area contributed by atoms with E-state index in [1.807, 2.05) is 0 Å². The fourth-order valence-corrected chi connectivity index (χ4v) is 3.62. The Kier molecular flexibility index (Phi) is 8.96. The van der Waals surface area contributed by atoms with Crippen LogP contribution in [0.1, 0.15) is 30.4 Å². The molecule has 1 fully saturated rings. The van der Waals surface area contributed by atoms with Crippen molar-refractivity contribution in [3.8, 4) is 11.5 Å². The maximum atomic E-state index is 13.1. The molecule has 2 aromatic rings. The van der Waals surface area contributed by atoms with Gasteiger partial charge >= 0.3 is 5.97 Å². The predicted molar refractivity (Wildman–Crippen MR) is 117 cm³/mol. The van der Waals surface area contributed by atoms with Crippen molar-refractivity contribution in [2.45, 2.75) is 24.9 Å². The summed E-state index contributed by atoms with van der Waals surface area (Å²) in [6, 6.07) is 13.6. The number of esters is 1. The molecule has 164 valence electrons. The van der Waals surface area contributed by atoms with Crippen LogP contribution in [-0.2, 0) is 15.1 Å². The van der Waals surface area contributed by atoms with Gasteiger partial charge in [-0.3, -0.25) is 4.90 Å². The molecular weight excluding hydrogens is 406 g/mol. The number of ether oxygens (including phenoxy) is 3. The highest BCUT2D eigenvalue weighted by molar-refractivity contribution is 5.86. The lowest BCUT2D eigenvalue weighted by molar-refractivity contribution is -0.162. The van der Waals surface area contributed by atoms with Crippen molar-refractivity contribution in [3.05, 3.63) is 59.7 Å². The second-order valence-corrected chi connectivity index (χ2v) is 7.21. The number of benzene rings is 2. The maximum Gasteiger partial charge on any atom is 0.347 e. The van der Waals surface area contributed by atoms with Gasteiger partial charge in [-0.1, -0.05) is 30.7 Å². The molecule has 0 aromatic heterocycles. The predicted octanol–water partition coefficient (Wildman–Crippen LogP) is 3.39. The molecule has 0 bridgehead atoms. The number of hydrogen-bond donors (Lipinski definition) is 1. The molecule has 1 N–H and O–H groups in total. The van der Waals surface area contributed by atoms with Crippen LogP contribution in [0.25, 0.3) is 0 Å². The Bertz CT molecular complexity index is 741. The van der Waals surface area contributed by atoms with Crippen LogP contribution in [0.5, 0.6) is 11.5 Å². The first-order valence-electron chi connectivity index (χ1n) is 9.99. The summed E-state index contributed by atoms with van der Waals surface area (Å²) in [7, 11) is 3.14. The topological polar surface area (TPSA) is 68.2 Å². The zero-order valence-corrected chi connectivity index (χ0v) is 18.3. The van der Waals surface area contributed by atoms with Gasteiger partial charge in [0.25, 0.3) is 0 Å². The minimum absolute atomic E-state index is 0. The molecule has 3 rings (SSSR count). The van der Waals surface area contributed by atoms with Crippen LogP contribution < -0.4 is 9.47 Å². The van der Waals surface area contributed by atoms with E-state index in [1.54, 1.807) is 62.8 Å². The minimum atomic E-state index is -1.92. The molecule has 0 aliphatic carbocycles. The number of carbonyl (C=O) groups excluding carboxylic acids is 1. The minimum Gasteiger partial charge on any atom is -0.497 e. The molecule has 7 heteroatoms. The molecule has 1 aliphatic rings. The van der Waals surface area contributed by atoms with Crippen molar-refractivity contribution in [3.63, 3.8) is 0 Å². The van der Waals surface area contributed by atoms with Gasteiger partial charge in [-0.15, -0.1) is 12.4 Å². The molecule has 0 atom stereocenters. The normalized spacial score (nSPS) is 14.5. The number of hydrogen-bond acceptors (Lipinski definition) is 6. The first-order chi connectivity index (χ1) is 14.1. The molecule has 2 aromatic carbocycles. The van der Waals surface area contributed by atoms with Crippen LogP contribution in [-0.4, -0.2) is 56.4 Å². The monoisotopic (exact) mass is 435 g/mol. The van der Waals surface area contributed by atoms with Gasteiger partial charge in [0.15, 0.2) is 0 Å². The number of halogens is 1. The first kappa shape index (κ1) is 24.0. The third-order valence-corrected chi connectivity index (χ3v) is 5.40. The Balaban J connectivity index is 0.00000320. The summed E-state index contributed by atoms with van der Waals surface area (Å²) in [4.78, 5) is 15.4. The van der Waals surface area contributed by atoms with Crippen molar-refractivity contribution >= 4 is 18.4 Å². The van der Waals surface area contributed by atoms with E-state index in [9.17, 15) is 9.90 Å². The van der Waals surface area contributed by atoms with Crippen molar-refractivity contribution in [2.75, 3.05) is 40.5 Å². The lowest BCUT2D eigenvalue weighted by atomic mass is 9.86. The number of methoxy groups -OCH3 is 2. The van der Waals surface area contributed by atoms with Crippen molar-refractivity contribution in [1.29, 1.82) is 0 Å². The van der Waals surface area contributed by atoms with E-state index >= 15 is 0 Å². The number of likely N-dealkylation sites (tertiary alicyclic amines) is 1. The molecule has 0 unspecified atom stereocenters. The first-order valence-corrected chi connectivity index (χ1v) is 9.99. The second kappa shape index (κ2) is 11.2. The van der Waals surface area contributed by atoms with Crippen LogP contribution >= 0.6 is 12.4 Å². The molecule has 1 aliphatic heterocycles. The number of piperidine rings is 1. The third kappa shape index (κ3) is 5.45. The zero-order chi connectivity index (χ0) is 20.7. The van der Waals surface area contributed by atoms with E-state index in [-0.39, 0.29) is 19.0 Å². The van der Waals surface area contributed by atoms with E-state index in [0.29, 0.717) is 29.2 Å². The highest BCUT2D eigenvalue weighted by atomic mass is 35.5. The molecule has 1 saturated heterocycles. The smallest absolute Gasteiger partial charge is 0.347 e. The summed E-state index contributed by atoms with van der Waals surface area (Å²) < 4.78 is 15.9. The molecule has 6 nitrogen and oxygen atoms in total. The average Bonchev–Trinajstić information content (AvgIpc) is 2.79. The number of rotatable bonds is 8. The molecule has 0 saturated carbocycles. The fourth-order valence-electron chi connectivity index (χ4n) is 3.62. The number of aliphatic hydroxyl groups is 1. The highest BCUT2D eigenvalue weighted by Gasteiger charge is 2.42. The zero-order valence-electron chi connectivity index (χ0n) is 17.5.